The van der Waals surface area contributed by atoms with E-state index in [2.05, 4.69) is 15.4 Å². The number of nitrogens with zero attached hydrogens (tertiary/aromatic N) is 3. The van der Waals surface area contributed by atoms with E-state index in [1.165, 1.54) is 28.3 Å². The Bertz CT molecular complexity index is 868. The first-order valence-electron chi connectivity index (χ1n) is 6.45. The van der Waals surface area contributed by atoms with Crippen LogP contribution in [0.2, 0.25) is 0 Å². The zero-order valence-corrected chi connectivity index (χ0v) is 12.4. The van der Waals surface area contributed by atoms with Crippen LogP contribution in [0.15, 0.2) is 30.5 Å². The maximum Gasteiger partial charge on any atom is 0.356 e. The molecule has 112 valence electrons. The van der Waals surface area contributed by atoms with E-state index in [0.717, 1.165) is 15.8 Å². The number of amides is 1. The van der Waals surface area contributed by atoms with E-state index >= 15 is 0 Å². The van der Waals surface area contributed by atoms with Crippen LogP contribution in [0.5, 0.6) is 0 Å². The van der Waals surface area contributed by atoms with Gasteiger partial charge in [-0.25, -0.2) is 9.78 Å². The van der Waals surface area contributed by atoms with Crippen molar-refractivity contribution < 1.29 is 14.7 Å². The topological polar surface area (TPSA) is 97.1 Å². The predicted octanol–water partition coefficient (Wildman–Crippen LogP) is 2.14. The van der Waals surface area contributed by atoms with Gasteiger partial charge < -0.3 is 10.4 Å². The first-order chi connectivity index (χ1) is 10.5. The maximum absolute atomic E-state index is 12.0. The number of aryl methyl sites for hydroxylation is 1. The third-order valence-electron chi connectivity index (χ3n) is 3.03. The fraction of sp³-hybridized carbons (Fsp3) is 0.143. The molecule has 7 nitrogen and oxygen atoms in total. The summed E-state index contributed by atoms with van der Waals surface area (Å²) < 4.78 is 2.28. The lowest BCUT2D eigenvalue weighted by Crippen LogP contribution is -2.19. The highest BCUT2D eigenvalue weighted by Gasteiger charge is 2.12. The van der Waals surface area contributed by atoms with E-state index in [1.54, 1.807) is 0 Å². The Labute approximate surface area is 129 Å². The van der Waals surface area contributed by atoms with Gasteiger partial charge in [0.15, 0.2) is 10.8 Å². The molecule has 22 heavy (non-hydrogen) atoms. The molecule has 1 amide bonds. The third-order valence-corrected chi connectivity index (χ3v) is 3.97. The third kappa shape index (κ3) is 2.82. The number of thiazole rings is 1. The summed E-state index contributed by atoms with van der Waals surface area (Å²) in [6.07, 6.45) is 1.45. The van der Waals surface area contributed by atoms with Crippen LogP contribution >= 0.6 is 11.3 Å². The maximum atomic E-state index is 12.0. The molecular weight excluding hydrogens is 304 g/mol. The zero-order valence-electron chi connectivity index (χ0n) is 11.6. The number of carbonyl (C=O) groups is 2. The van der Waals surface area contributed by atoms with Crippen LogP contribution in [0.3, 0.4) is 0 Å². The number of aromatic nitrogens is 3. The van der Waals surface area contributed by atoms with Crippen molar-refractivity contribution in [1.29, 1.82) is 0 Å². The van der Waals surface area contributed by atoms with Crippen molar-refractivity contribution in [2.24, 2.45) is 0 Å². The molecule has 0 radical (unpaired) electrons. The fourth-order valence-electron chi connectivity index (χ4n) is 2.01. The van der Waals surface area contributed by atoms with Gasteiger partial charge in [0, 0.05) is 6.20 Å². The number of aromatic carboxylic acids is 1. The van der Waals surface area contributed by atoms with Gasteiger partial charge in [-0.05, 0) is 24.6 Å². The Morgan fingerprint density at radius 1 is 1.36 bits per heavy atom. The van der Waals surface area contributed by atoms with Crippen LogP contribution in [0, 0.1) is 6.92 Å². The van der Waals surface area contributed by atoms with Gasteiger partial charge in [0.25, 0.3) is 0 Å². The molecular formula is C14H12N4O3S. The number of fused-ring (bicyclic) bond motifs is 1. The van der Waals surface area contributed by atoms with Gasteiger partial charge in [0.05, 0.1) is 10.2 Å². The summed E-state index contributed by atoms with van der Waals surface area (Å²) >= 11 is 1.39. The largest absolute Gasteiger partial charge is 0.476 e. The van der Waals surface area contributed by atoms with Crippen molar-refractivity contribution in [1.82, 2.24) is 14.8 Å². The molecule has 3 rings (SSSR count). The number of rotatable bonds is 4. The molecule has 2 N–H and O–H groups in total. The number of nitrogens with one attached hydrogen (secondary N) is 1. The van der Waals surface area contributed by atoms with Crippen LogP contribution in [-0.4, -0.2) is 31.7 Å². The van der Waals surface area contributed by atoms with Crippen LogP contribution in [0.1, 0.15) is 16.1 Å². The second-order valence-electron chi connectivity index (χ2n) is 4.69. The van der Waals surface area contributed by atoms with E-state index in [0.29, 0.717) is 5.13 Å². The highest BCUT2D eigenvalue weighted by Crippen LogP contribution is 2.27. The van der Waals surface area contributed by atoms with Crippen molar-refractivity contribution in [3.8, 4) is 0 Å². The summed E-state index contributed by atoms with van der Waals surface area (Å²) in [5.74, 6) is -1.43. The lowest BCUT2D eigenvalue weighted by atomic mass is 10.2. The minimum atomic E-state index is -1.12. The minimum absolute atomic E-state index is 0.0673. The van der Waals surface area contributed by atoms with Crippen molar-refractivity contribution >= 4 is 38.6 Å². The molecule has 0 aliphatic rings. The van der Waals surface area contributed by atoms with Gasteiger partial charge in [-0.1, -0.05) is 23.5 Å². The van der Waals surface area contributed by atoms with E-state index in [9.17, 15) is 9.59 Å². The molecule has 0 bridgehead atoms. The van der Waals surface area contributed by atoms with Gasteiger partial charge in [-0.3, -0.25) is 9.48 Å². The van der Waals surface area contributed by atoms with Crippen molar-refractivity contribution in [3.63, 3.8) is 0 Å². The molecule has 0 aliphatic heterocycles. The van der Waals surface area contributed by atoms with Crippen LogP contribution in [0.4, 0.5) is 5.13 Å². The van der Waals surface area contributed by atoms with Crippen molar-refractivity contribution in [3.05, 3.63) is 41.7 Å². The van der Waals surface area contributed by atoms with Crippen LogP contribution in [-0.2, 0) is 11.3 Å². The van der Waals surface area contributed by atoms with Gasteiger partial charge in [-0.15, -0.1) is 0 Å². The van der Waals surface area contributed by atoms with Crippen LogP contribution < -0.4 is 5.32 Å². The summed E-state index contributed by atoms with van der Waals surface area (Å²) in [5.41, 5.74) is 1.82. The average molecular weight is 316 g/mol. The van der Waals surface area contributed by atoms with E-state index in [-0.39, 0.29) is 18.1 Å². The summed E-state index contributed by atoms with van der Waals surface area (Å²) in [4.78, 5) is 27.1. The Hall–Kier alpha value is -2.74. The molecule has 0 aliphatic carbocycles. The van der Waals surface area contributed by atoms with Crippen molar-refractivity contribution in [2.45, 2.75) is 13.5 Å². The SMILES string of the molecule is Cc1cccc2sc(NC(=O)Cn3ccc(C(=O)O)n3)nc12. The summed E-state index contributed by atoms with van der Waals surface area (Å²) in [6, 6.07) is 7.20. The molecule has 0 fully saturated rings. The molecule has 2 aromatic heterocycles. The fourth-order valence-corrected chi connectivity index (χ4v) is 2.97. The number of carboxylic acid groups (broad SMARTS) is 1. The van der Waals surface area contributed by atoms with E-state index < -0.39 is 5.97 Å². The first-order valence-corrected chi connectivity index (χ1v) is 7.27. The first kappa shape index (κ1) is 14.2. The molecule has 1 aromatic carbocycles. The normalized spacial score (nSPS) is 10.8. The summed E-state index contributed by atoms with van der Waals surface area (Å²) in [7, 11) is 0. The second kappa shape index (κ2) is 5.57. The number of hydrogen-bond donors (Lipinski definition) is 2. The Balaban J connectivity index is 1.72. The van der Waals surface area contributed by atoms with E-state index in [4.69, 9.17) is 5.11 Å². The second-order valence-corrected chi connectivity index (χ2v) is 5.72. The van der Waals surface area contributed by atoms with Crippen molar-refractivity contribution in [2.75, 3.05) is 5.32 Å². The molecule has 0 atom stereocenters. The number of benzene rings is 1. The molecule has 0 unspecified atom stereocenters. The predicted molar refractivity (Wildman–Crippen MR) is 82.2 cm³/mol. The zero-order chi connectivity index (χ0) is 15.7. The van der Waals surface area contributed by atoms with E-state index in [1.807, 2.05) is 25.1 Å². The lowest BCUT2D eigenvalue weighted by Gasteiger charge is -2.01. The Morgan fingerprint density at radius 2 is 2.18 bits per heavy atom. The highest BCUT2D eigenvalue weighted by molar-refractivity contribution is 7.22. The standard InChI is InChI=1S/C14H12N4O3S/c1-8-3-2-4-10-12(8)16-14(22-10)15-11(19)7-18-6-5-9(17-18)13(20)21/h2-6H,7H2,1H3,(H,20,21)(H,15,16,19). The summed E-state index contributed by atoms with van der Waals surface area (Å²) in [5, 5.41) is 15.8. The number of carboxylic acids is 1. The molecule has 8 heteroatoms. The quantitative estimate of drug-likeness (QED) is 0.768. The number of anilines is 1. The monoisotopic (exact) mass is 316 g/mol. The summed E-state index contributed by atoms with van der Waals surface area (Å²) in [6.45, 7) is 1.90. The van der Waals surface area contributed by atoms with Gasteiger partial charge in [-0.2, -0.15) is 5.10 Å². The van der Waals surface area contributed by atoms with Gasteiger partial charge in [0.2, 0.25) is 5.91 Å². The van der Waals surface area contributed by atoms with Gasteiger partial charge in [0.1, 0.15) is 6.54 Å². The average Bonchev–Trinajstić information content (AvgIpc) is 3.06. The molecule has 3 aromatic rings. The number of hydrogen-bond acceptors (Lipinski definition) is 5. The smallest absolute Gasteiger partial charge is 0.356 e. The molecule has 0 spiro atoms. The Morgan fingerprint density at radius 3 is 2.86 bits per heavy atom. The molecule has 0 saturated heterocycles. The van der Waals surface area contributed by atoms with Crippen LogP contribution in [0.25, 0.3) is 10.2 Å². The minimum Gasteiger partial charge on any atom is -0.476 e. The number of carbonyl (C=O) groups excluding carboxylic acids is 1. The lowest BCUT2D eigenvalue weighted by molar-refractivity contribution is -0.116. The number of para-hydroxylation sites is 1. The molecule has 2 heterocycles. The molecule has 0 saturated carbocycles. The van der Waals surface area contributed by atoms with Gasteiger partial charge >= 0.3 is 5.97 Å². The Kier molecular flexibility index (Phi) is 3.60. The highest BCUT2D eigenvalue weighted by atomic mass is 32.1.